The van der Waals surface area contributed by atoms with Gasteiger partial charge in [0.05, 0.1) is 5.56 Å². The lowest BCUT2D eigenvalue weighted by Crippen LogP contribution is -2.14. The van der Waals surface area contributed by atoms with Crippen LogP contribution in [0.2, 0.25) is 0 Å². The molecule has 6 heteroatoms. The molecule has 15 heavy (non-hydrogen) atoms. The maximum absolute atomic E-state index is 10.8. The molecule has 0 saturated carbocycles. The highest BCUT2D eigenvalue weighted by Gasteiger charge is 2.10. The monoisotopic (exact) mass is 321 g/mol. The van der Waals surface area contributed by atoms with Gasteiger partial charge in [0.1, 0.15) is 6.54 Å². The number of carbonyl (C=O) groups is 2. The number of aromatic carboxylic acids is 1. The molecule has 0 bridgehead atoms. The van der Waals surface area contributed by atoms with Crippen molar-refractivity contribution in [2.75, 3.05) is 11.9 Å². The molecule has 1 aromatic carbocycles. The van der Waals surface area contributed by atoms with Crippen molar-refractivity contribution in [3.05, 3.63) is 27.3 Å². The molecular weight excluding hydrogens is 313 g/mol. The zero-order valence-corrected chi connectivity index (χ0v) is 9.69. The van der Waals surface area contributed by atoms with Gasteiger partial charge in [0.15, 0.2) is 0 Å². The van der Waals surface area contributed by atoms with Gasteiger partial charge in [-0.15, -0.1) is 0 Å². The van der Waals surface area contributed by atoms with Crippen LogP contribution in [0.4, 0.5) is 5.69 Å². The standard InChI is InChI=1S/C9H8INO4/c10-5-1-2-7(11-4-8(12)13)6(3-5)9(14)15/h1-3,11H,4H2,(H,12,13)(H,14,15). The van der Waals surface area contributed by atoms with E-state index in [9.17, 15) is 9.59 Å². The molecule has 0 saturated heterocycles. The van der Waals surface area contributed by atoms with Crippen LogP contribution in [0, 0.1) is 3.57 Å². The topological polar surface area (TPSA) is 86.6 Å². The van der Waals surface area contributed by atoms with Gasteiger partial charge in [-0.05, 0) is 40.8 Å². The zero-order chi connectivity index (χ0) is 11.4. The summed E-state index contributed by atoms with van der Waals surface area (Å²) in [4.78, 5) is 21.1. The molecule has 0 spiro atoms. The fourth-order valence-corrected chi connectivity index (χ4v) is 1.51. The van der Waals surface area contributed by atoms with E-state index in [1.807, 2.05) is 22.6 Å². The number of anilines is 1. The summed E-state index contributed by atoms with van der Waals surface area (Å²) in [5, 5.41) is 19.8. The quantitative estimate of drug-likeness (QED) is 0.732. The number of hydrogen-bond acceptors (Lipinski definition) is 3. The number of carboxylic acid groups (broad SMARTS) is 2. The van der Waals surface area contributed by atoms with Crippen LogP contribution in [-0.2, 0) is 4.79 Å². The molecule has 1 aromatic rings. The maximum atomic E-state index is 10.8. The van der Waals surface area contributed by atoms with Crippen molar-refractivity contribution in [2.24, 2.45) is 0 Å². The van der Waals surface area contributed by atoms with E-state index in [2.05, 4.69) is 5.32 Å². The molecule has 0 aromatic heterocycles. The maximum Gasteiger partial charge on any atom is 0.337 e. The Hall–Kier alpha value is -1.31. The molecule has 0 aliphatic heterocycles. The smallest absolute Gasteiger partial charge is 0.337 e. The lowest BCUT2D eigenvalue weighted by Gasteiger charge is -2.07. The summed E-state index contributed by atoms with van der Waals surface area (Å²) in [7, 11) is 0. The molecule has 5 nitrogen and oxygen atoms in total. The zero-order valence-electron chi connectivity index (χ0n) is 7.53. The summed E-state index contributed by atoms with van der Waals surface area (Å²) in [6, 6.07) is 4.73. The Labute approximate surface area is 99.2 Å². The molecule has 0 heterocycles. The third kappa shape index (κ3) is 3.39. The highest BCUT2D eigenvalue weighted by Crippen LogP contribution is 2.18. The summed E-state index contributed by atoms with van der Waals surface area (Å²) < 4.78 is 0.783. The van der Waals surface area contributed by atoms with E-state index in [1.54, 1.807) is 12.1 Å². The first-order chi connectivity index (χ1) is 7.00. The van der Waals surface area contributed by atoms with Crippen molar-refractivity contribution in [1.29, 1.82) is 0 Å². The van der Waals surface area contributed by atoms with E-state index in [4.69, 9.17) is 10.2 Å². The third-order valence-corrected chi connectivity index (χ3v) is 2.31. The van der Waals surface area contributed by atoms with E-state index >= 15 is 0 Å². The Balaban J connectivity index is 2.95. The van der Waals surface area contributed by atoms with Crippen molar-refractivity contribution < 1.29 is 19.8 Å². The first-order valence-corrected chi connectivity index (χ1v) is 5.07. The molecule has 1 rings (SSSR count). The van der Waals surface area contributed by atoms with Gasteiger partial charge in [-0.25, -0.2) is 4.79 Å². The summed E-state index contributed by atoms with van der Waals surface area (Å²) in [6.07, 6.45) is 0. The van der Waals surface area contributed by atoms with Crippen molar-refractivity contribution in [3.8, 4) is 0 Å². The fraction of sp³-hybridized carbons (Fsp3) is 0.111. The third-order valence-electron chi connectivity index (χ3n) is 1.64. The molecule has 0 unspecified atom stereocenters. The van der Waals surface area contributed by atoms with Gasteiger partial charge >= 0.3 is 11.9 Å². The predicted molar refractivity (Wildman–Crippen MR) is 62.2 cm³/mol. The summed E-state index contributed by atoms with van der Waals surface area (Å²) >= 11 is 1.99. The number of nitrogens with one attached hydrogen (secondary N) is 1. The van der Waals surface area contributed by atoms with Crippen LogP contribution in [0.5, 0.6) is 0 Å². The average molecular weight is 321 g/mol. The van der Waals surface area contributed by atoms with E-state index in [0.29, 0.717) is 5.69 Å². The second-order valence-corrected chi connectivity index (χ2v) is 3.99. The van der Waals surface area contributed by atoms with Crippen LogP contribution in [0.1, 0.15) is 10.4 Å². The van der Waals surface area contributed by atoms with Crippen LogP contribution >= 0.6 is 22.6 Å². The van der Waals surface area contributed by atoms with E-state index < -0.39 is 11.9 Å². The fourth-order valence-electron chi connectivity index (χ4n) is 1.02. The predicted octanol–water partition coefficient (Wildman–Crippen LogP) is 1.49. The van der Waals surface area contributed by atoms with Crippen LogP contribution in [-0.4, -0.2) is 28.7 Å². The highest BCUT2D eigenvalue weighted by atomic mass is 127. The average Bonchev–Trinajstić information content (AvgIpc) is 2.15. The molecule has 80 valence electrons. The normalized spacial score (nSPS) is 9.67. The summed E-state index contributed by atoms with van der Waals surface area (Å²) in [5.41, 5.74) is 0.383. The first-order valence-electron chi connectivity index (χ1n) is 3.99. The van der Waals surface area contributed by atoms with Gasteiger partial charge in [-0.2, -0.15) is 0 Å². The highest BCUT2D eigenvalue weighted by molar-refractivity contribution is 14.1. The Morgan fingerprint density at radius 2 is 2.00 bits per heavy atom. The van der Waals surface area contributed by atoms with Crippen molar-refractivity contribution in [3.63, 3.8) is 0 Å². The van der Waals surface area contributed by atoms with E-state index in [0.717, 1.165) is 3.57 Å². The lowest BCUT2D eigenvalue weighted by molar-refractivity contribution is -0.134. The van der Waals surface area contributed by atoms with Crippen molar-refractivity contribution in [2.45, 2.75) is 0 Å². The second-order valence-electron chi connectivity index (χ2n) is 2.74. The first kappa shape index (κ1) is 11.8. The van der Waals surface area contributed by atoms with Crippen molar-refractivity contribution in [1.82, 2.24) is 0 Å². The summed E-state index contributed by atoms with van der Waals surface area (Å²) in [5.74, 6) is -2.12. The SMILES string of the molecule is O=C(O)CNc1ccc(I)cc1C(=O)O. The lowest BCUT2D eigenvalue weighted by atomic mass is 10.2. The van der Waals surface area contributed by atoms with Gasteiger partial charge in [0, 0.05) is 9.26 Å². The minimum atomic E-state index is -1.08. The molecule has 3 N–H and O–H groups in total. The molecule has 0 aliphatic rings. The van der Waals surface area contributed by atoms with Gasteiger partial charge in [0.25, 0.3) is 0 Å². The number of rotatable bonds is 4. The van der Waals surface area contributed by atoms with Crippen LogP contribution in [0.3, 0.4) is 0 Å². The number of carboxylic acids is 2. The van der Waals surface area contributed by atoms with Crippen molar-refractivity contribution >= 4 is 40.2 Å². The molecule has 0 atom stereocenters. The van der Waals surface area contributed by atoms with Gasteiger partial charge < -0.3 is 15.5 Å². The summed E-state index contributed by atoms with van der Waals surface area (Å²) in [6.45, 7) is -0.305. The molecular formula is C9H8INO4. The van der Waals surface area contributed by atoms with Gasteiger partial charge in [-0.3, -0.25) is 4.79 Å². The Morgan fingerprint density at radius 1 is 1.33 bits per heavy atom. The Kier molecular flexibility index (Phi) is 3.89. The van der Waals surface area contributed by atoms with Crippen LogP contribution < -0.4 is 5.32 Å². The molecule has 0 radical (unpaired) electrons. The largest absolute Gasteiger partial charge is 0.480 e. The molecule has 0 fully saturated rings. The van der Waals surface area contributed by atoms with E-state index in [-0.39, 0.29) is 12.1 Å². The Morgan fingerprint density at radius 3 is 2.53 bits per heavy atom. The second kappa shape index (κ2) is 4.96. The van der Waals surface area contributed by atoms with Gasteiger partial charge in [-0.1, -0.05) is 0 Å². The number of benzene rings is 1. The van der Waals surface area contributed by atoms with E-state index in [1.165, 1.54) is 6.07 Å². The number of halogens is 1. The molecule has 0 aliphatic carbocycles. The minimum Gasteiger partial charge on any atom is -0.480 e. The van der Waals surface area contributed by atoms with Crippen LogP contribution in [0.25, 0.3) is 0 Å². The van der Waals surface area contributed by atoms with Gasteiger partial charge in [0.2, 0.25) is 0 Å². The minimum absolute atomic E-state index is 0.0724. The number of aliphatic carboxylic acids is 1. The molecule has 0 amide bonds. The number of hydrogen-bond donors (Lipinski definition) is 3. The van der Waals surface area contributed by atoms with Crippen LogP contribution in [0.15, 0.2) is 18.2 Å². The Bertz CT molecular complexity index is 405.